The maximum absolute atomic E-state index is 12.0. The monoisotopic (exact) mass is 338 g/mol. The minimum atomic E-state index is 0.321. The molecule has 0 saturated carbocycles. The molecule has 1 amide bonds. The fourth-order valence-electron chi connectivity index (χ4n) is 3.39. The zero-order valence-corrected chi connectivity index (χ0v) is 15.4. The molecule has 0 radical (unpaired) electrons. The van der Waals surface area contributed by atoms with Crippen LogP contribution in [0.5, 0.6) is 0 Å². The van der Waals surface area contributed by atoms with Crippen LogP contribution in [0.15, 0.2) is 4.99 Å². The molecule has 0 aromatic rings. The number of carbonyl (C=O) groups excluding carboxylic acids is 1. The van der Waals surface area contributed by atoms with Crippen LogP contribution in [0.4, 0.5) is 0 Å². The van der Waals surface area contributed by atoms with Gasteiger partial charge in [-0.25, -0.2) is 0 Å². The maximum atomic E-state index is 12.0. The molecule has 138 valence electrons. The number of guanidine groups is 1. The molecule has 1 N–H and O–H groups in total. The Hall–Kier alpha value is -1.30. The summed E-state index contributed by atoms with van der Waals surface area (Å²) in [6.07, 6.45) is 6.16. The van der Waals surface area contributed by atoms with Crippen molar-refractivity contribution in [2.24, 2.45) is 10.9 Å². The number of carbonyl (C=O) groups is 1. The number of aliphatic imine (C=N–C) groups is 1. The number of ether oxygens (including phenoxy) is 1. The van der Waals surface area contributed by atoms with E-state index in [4.69, 9.17) is 9.73 Å². The van der Waals surface area contributed by atoms with Crippen molar-refractivity contribution in [3.8, 4) is 0 Å². The molecule has 2 aliphatic heterocycles. The second-order valence-electron chi connectivity index (χ2n) is 6.89. The number of hydrogen-bond donors (Lipinski definition) is 1. The van der Waals surface area contributed by atoms with Gasteiger partial charge in [-0.3, -0.25) is 9.79 Å². The summed E-state index contributed by atoms with van der Waals surface area (Å²) in [5.74, 6) is 1.89. The predicted octanol–water partition coefficient (Wildman–Crippen LogP) is 1.71. The molecule has 6 heteroatoms. The molecule has 2 rings (SSSR count). The van der Waals surface area contributed by atoms with E-state index in [9.17, 15) is 4.79 Å². The van der Waals surface area contributed by atoms with Crippen molar-refractivity contribution in [2.45, 2.75) is 45.4 Å². The quantitative estimate of drug-likeness (QED) is 0.436. The predicted molar refractivity (Wildman–Crippen MR) is 97.2 cm³/mol. The van der Waals surface area contributed by atoms with Crippen LogP contribution >= 0.6 is 0 Å². The number of rotatable bonds is 7. The van der Waals surface area contributed by atoms with Gasteiger partial charge in [-0.05, 0) is 32.6 Å². The van der Waals surface area contributed by atoms with Crippen molar-refractivity contribution < 1.29 is 9.53 Å². The van der Waals surface area contributed by atoms with Crippen LogP contribution in [0.2, 0.25) is 0 Å². The van der Waals surface area contributed by atoms with E-state index in [0.29, 0.717) is 11.8 Å². The lowest BCUT2D eigenvalue weighted by Crippen LogP contribution is -2.41. The minimum absolute atomic E-state index is 0.321. The number of likely N-dealkylation sites (tertiary alicyclic amines) is 1. The Morgan fingerprint density at radius 3 is 3.04 bits per heavy atom. The largest absolute Gasteiger partial charge is 0.381 e. The van der Waals surface area contributed by atoms with E-state index in [2.05, 4.69) is 24.2 Å². The Labute approximate surface area is 146 Å². The molecule has 0 bridgehead atoms. The molecule has 2 aliphatic rings. The topological polar surface area (TPSA) is 57.2 Å². The third kappa shape index (κ3) is 6.30. The summed E-state index contributed by atoms with van der Waals surface area (Å²) in [5, 5.41) is 3.37. The van der Waals surface area contributed by atoms with Crippen LogP contribution < -0.4 is 5.32 Å². The zero-order chi connectivity index (χ0) is 17.2. The summed E-state index contributed by atoms with van der Waals surface area (Å²) >= 11 is 0. The van der Waals surface area contributed by atoms with Crippen molar-refractivity contribution in [1.29, 1.82) is 0 Å². The van der Waals surface area contributed by atoms with Crippen LogP contribution in [0.1, 0.15) is 45.4 Å². The molecule has 6 nitrogen and oxygen atoms in total. The fourth-order valence-corrected chi connectivity index (χ4v) is 3.39. The maximum Gasteiger partial charge on any atom is 0.222 e. The van der Waals surface area contributed by atoms with Gasteiger partial charge < -0.3 is 19.9 Å². The third-order valence-corrected chi connectivity index (χ3v) is 4.77. The van der Waals surface area contributed by atoms with Crippen molar-refractivity contribution in [2.75, 3.05) is 53.0 Å². The van der Waals surface area contributed by atoms with E-state index in [1.807, 2.05) is 4.90 Å². The SMILES string of the molecule is CCNC(=NCCCN1CCCCCC1=O)N(C)CC1CCOC1. The Bertz CT molecular complexity index is 408. The molecule has 1 atom stereocenters. The standard InChI is InChI=1S/C18H34N4O2/c1-3-19-18(21(2)14-16-9-13-24-15-16)20-10-7-12-22-11-6-4-5-8-17(22)23/h16H,3-15H2,1-2H3,(H,19,20). The first-order valence-corrected chi connectivity index (χ1v) is 9.55. The first kappa shape index (κ1) is 19.0. The highest BCUT2D eigenvalue weighted by Crippen LogP contribution is 2.13. The highest BCUT2D eigenvalue weighted by atomic mass is 16.5. The molecule has 0 aromatic carbocycles. The van der Waals surface area contributed by atoms with Crippen LogP contribution in [0.25, 0.3) is 0 Å². The molecule has 1 unspecified atom stereocenters. The lowest BCUT2D eigenvalue weighted by Gasteiger charge is -2.25. The molecule has 0 spiro atoms. The van der Waals surface area contributed by atoms with Crippen LogP contribution in [-0.2, 0) is 9.53 Å². The average Bonchev–Trinajstić information content (AvgIpc) is 2.99. The highest BCUT2D eigenvalue weighted by Gasteiger charge is 2.19. The molecule has 2 fully saturated rings. The Kier molecular flexibility index (Phi) is 8.36. The van der Waals surface area contributed by atoms with Crippen molar-refractivity contribution in [3.63, 3.8) is 0 Å². The summed E-state index contributed by atoms with van der Waals surface area (Å²) in [6.45, 7) is 8.21. The number of amides is 1. The number of nitrogens with zero attached hydrogens (tertiary/aromatic N) is 3. The van der Waals surface area contributed by atoms with Crippen LogP contribution in [0.3, 0.4) is 0 Å². The molecule has 0 aromatic heterocycles. The first-order chi connectivity index (χ1) is 11.7. The van der Waals surface area contributed by atoms with Crippen molar-refractivity contribution in [3.05, 3.63) is 0 Å². The molecular weight excluding hydrogens is 304 g/mol. The van der Waals surface area contributed by atoms with E-state index in [1.54, 1.807) is 0 Å². The number of hydrogen-bond acceptors (Lipinski definition) is 3. The number of nitrogens with one attached hydrogen (secondary N) is 1. The summed E-state index contributed by atoms with van der Waals surface area (Å²) < 4.78 is 5.46. The molecule has 2 heterocycles. The molecule has 0 aliphatic carbocycles. The Balaban J connectivity index is 1.75. The van der Waals surface area contributed by atoms with Crippen molar-refractivity contribution >= 4 is 11.9 Å². The molecule has 2 saturated heterocycles. The van der Waals surface area contributed by atoms with E-state index in [-0.39, 0.29) is 0 Å². The van der Waals surface area contributed by atoms with E-state index in [1.165, 1.54) is 6.42 Å². The molecular formula is C18H34N4O2. The van der Waals surface area contributed by atoms with Gasteiger partial charge in [0.1, 0.15) is 0 Å². The van der Waals surface area contributed by atoms with E-state index in [0.717, 1.165) is 84.0 Å². The highest BCUT2D eigenvalue weighted by molar-refractivity contribution is 5.79. The van der Waals surface area contributed by atoms with Gasteiger partial charge in [0.2, 0.25) is 5.91 Å². The van der Waals surface area contributed by atoms with Gasteiger partial charge in [-0.2, -0.15) is 0 Å². The first-order valence-electron chi connectivity index (χ1n) is 9.55. The smallest absolute Gasteiger partial charge is 0.222 e. The summed E-state index contributed by atoms with van der Waals surface area (Å²) in [7, 11) is 2.10. The van der Waals surface area contributed by atoms with Gasteiger partial charge in [-0.1, -0.05) is 6.42 Å². The second-order valence-corrected chi connectivity index (χ2v) is 6.89. The van der Waals surface area contributed by atoms with Gasteiger partial charge in [0.15, 0.2) is 5.96 Å². The summed E-state index contributed by atoms with van der Waals surface area (Å²) in [4.78, 5) is 21.0. The summed E-state index contributed by atoms with van der Waals surface area (Å²) in [5.41, 5.74) is 0. The van der Waals surface area contributed by atoms with E-state index < -0.39 is 0 Å². The Morgan fingerprint density at radius 1 is 1.42 bits per heavy atom. The van der Waals surface area contributed by atoms with Crippen LogP contribution in [-0.4, -0.2) is 74.7 Å². The lowest BCUT2D eigenvalue weighted by molar-refractivity contribution is -0.130. The van der Waals surface area contributed by atoms with E-state index >= 15 is 0 Å². The van der Waals surface area contributed by atoms with Gasteiger partial charge in [0, 0.05) is 58.7 Å². The molecule has 24 heavy (non-hydrogen) atoms. The van der Waals surface area contributed by atoms with Gasteiger partial charge in [0.05, 0.1) is 6.61 Å². The second kappa shape index (κ2) is 10.5. The third-order valence-electron chi connectivity index (χ3n) is 4.77. The Morgan fingerprint density at radius 2 is 2.29 bits per heavy atom. The van der Waals surface area contributed by atoms with Gasteiger partial charge >= 0.3 is 0 Å². The summed E-state index contributed by atoms with van der Waals surface area (Å²) in [6, 6.07) is 0. The normalized spacial score (nSPS) is 22.6. The minimum Gasteiger partial charge on any atom is -0.381 e. The van der Waals surface area contributed by atoms with Crippen molar-refractivity contribution in [1.82, 2.24) is 15.1 Å². The lowest BCUT2D eigenvalue weighted by atomic mass is 10.1. The van der Waals surface area contributed by atoms with Crippen LogP contribution in [0, 0.1) is 5.92 Å². The van der Waals surface area contributed by atoms with Gasteiger partial charge in [-0.15, -0.1) is 0 Å². The average molecular weight is 338 g/mol. The zero-order valence-electron chi connectivity index (χ0n) is 15.4. The fraction of sp³-hybridized carbons (Fsp3) is 0.889. The van der Waals surface area contributed by atoms with Gasteiger partial charge in [0.25, 0.3) is 0 Å².